The molecule has 0 saturated carbocycles. The van der Waals surface area contributed by atoms with Crippen LogP contribution in [0.25, 0.3) is 16.9 Å². The van der Waals surface area contributed by atoms with Gasteiger partial charge in [0.1, 0.15) is 11.4 Å². The van der Waals surface area contributed by atoms with Gasteiger partial charge in [-0.2, -0.15) is 0 Å². The Labute approximate surface area is 247 Å². The molecule has 1 aromatic carbocycles. The summed E-state index contributed by atoms with van der Waals surface area (Å²) in [5.41, 5.74) is 4.44. The van der Waals surface area contributed by atoms with E-state index in [0.29, 0.717) is 22.6 Å². The van der Waals surface area contributed by atoms with Gasteiger partial charge in [-0.05, 0) is 43.7 Å². The highest BCUT2D eigenvalue weighted by Crippen LogP contribution is 2.26. The number of benzene rings is 1. The minimum Gasteiger partial charge on any atom is -0.406 e. The van der Waals surface area contributed by atoms with Gasteiger partial charge in [-0.1, -0.05) is 17.3 Å². The van der Waals surface area contributed by atoms with Crippen molar-refractivity contribution in [3.8, 4) is 22.7 Å². The third-order valence-corrected chi connectivity index (χ3v) is 7.12. The number of rotatable bonds is 11. The van der Waals surface area contributed by atoms with Gasteiger partial charge < -0.3 is 14.4 Å². The molecule has 0 spiro atoms. The van der Waals surface area contributed by atoms with Crippen molar-refractivity contribution in [1.29, 1.82) is 0 Å². The second-order valence-electron chi connectivity index (χ2n) is 10.1. The minimum atomic E-state index is -4.84. The van der Waals surface area contributed by atoms with Gasteiger partial charge in [-0.3, -0.25) is 19.7 Å². The molecular formula is C30H32F3N7O3. The van der Waals surface area contributed by atoms with E-state index in [1.54, 1.807) is 29.3 Å². The van der Waals surface area contributed by atoms with Gasteiger partial charge in [0, 0.05) is 69.3 Å². The third kappa shape index (κ3) is 7.93. The Morgan fingerprint density at radius 1 is 1.05 bits per heavy atom. The van der Waals surface area contributed by atoms with Crippen LogP contribution in [0.2, 0.25) is 0 Å². The second-order valence-corrected chi connectivity index (χ2v) is 10.1. The molecular weight excluding hydrogens is 563 g/mol. The SMILES string of the molecule is CCOCCN1CCN(c2cncc(-c3cn(-c4cc(CC(=O)c5cccc(OC(F)(F)F)c5)cnc4C)nn3)c2)CC1. The molecule has 10 nitrogen and oxygen atoms in total. The highest BCUT2D eigenvalue weighted by Gasteiger charge is 2.31. The van der Waals surface area contributed by atoms with Crippen molar-refractivity contribution >= 4 is 11.5 Å². The van der Waals surface area contributed by atoms with Gasteiger partial charge in [0.2, 0.25) is 0 Å². The summed E-state index contributed by atoms with van der Waals surface area (Å²) in [4.78, 5) is 26.4. The maximum Gasteiger partial charge on any atom is 0.573 e. The Kier molecular flexibility index (Phi) is 9.31. The maximum absolute atomic E-state index is 12.9. The summed E-state index contributed by atoms with van der Waals surface area (Å²) in [6.07, 6.45) is 2.03. The van der Waals surface area contributed by atoms with Crippen LogP contribution in [0.5, 0.6) is 5.75 Å². The predicted molar refractivity (Wildman–Crippen MR) is 153 cm³/mol. The van der Waals surface area contributed by atoms with E-state index in [1.165, 1.54) is 12.1 Å². The highest BCUT2D eigenvalue weighted by molar-refractivity contribution is 5.97. The van der Waals surface area contributed by atoms with Gasteiger partial charge in [-0.25, -0.2) is 4.68 Å². The summed E-state index contributed by atoms with van der Waals surface area (Å²) in [6.45, 7) is 9.89. The molecule has 1 fully saturated rings. The quantitative estimate of drug-likeness (QED) is 0.183. The summed E-state index contributed by atoms with van der Waals surface area (Å²) in [7, 11) is 0. The first kappa shape index (κ1) is 30.1. The zero-order valence-corrected chi connectivity index (χ0v) is 23.9. The number of ether oxygens (including phenoxy) is 2. The van der Waals surface area contributed by atoms with Crippen LogP contribution < -0.4 is 9.64 Å². The Hall–Kier alpha value is -4.36. The molecule has 1 saturated heterocycles. The number of Topliss-reactive ketones (excluding diaryl/α,β-unsaturated/α-hetero) is 1. The number of piperazine rings is 1. The minimum absolute atomic E-state index is 0.0673. The zero-order valence-electron chi connectivity index (χ0n) is 23.9. The summed E-state index contributed by atoms with van der Waals surface area (Å²) < 4.78 is 48.8. The molecule has 226 valence electrons. The van der Waals surface area contributed by atoms with Gasteiger partial charge in [0.15, 0.2) is 5.78 Å². The van der Waals surface area contributed by atoms with Crippen LogP contribution in [0.3, 0.4) is 0 Å². The first-order chi connectivity index (χ1) is 20.7. The van der Waals surface area contributed by atoms with Crippen molar-refractivity contribution in [3.05, 3.63) is 78.0 Å². The van der Waals surface area contributed by atoms with Crippen molar-refractivity contribution in [3.63, 3.8) is 0 Å². The molecule has 0 radical (unpaired) electrons. The van der Waals surface area contributed by atoms with Crippen LogP contribution in [0.1, 0.15) is 28.5 Å². The van der Waals surface area contributed by atoms with E-state index in [9.17, 15) is 18.0 Å². The Morgan fingerprint density at radius 3 is 2.63 bits per heavy atom. The van der Waals surface area contributed by atoms with E-state index in [2.05, 4.69) is 34.8 Å². The number of nitrogens with zero attached hydrogens (tertiary/aromatic N) is 7. The van der Waals surface area contributed by atoms with Gasteiger partial charge in [0.25, 0.3) is 0 Å². The van der Waals surface area contributed by atoms with Crippen molar-refractivity contribution in [2.45, 2.75) is 26.6 Å². The standard InChI is InChI=1S/C30H32F3N7O3/c1-3-42-12-11-38-7-9-39(10-8-38)25-15-24(18-34-19-25)27-20-40(37-36-27)28-13-22(17-35-21(28)2)14-29(41)23-5-4-6-26(16-23)43-30(31,32)33/h4-6,13,15-20H,3,7-12,14H2,1-2H3. The lowest BCUT2D eigenvalue weighted by atomic mass is 10.0. The lowest BCUT2D eigenvalue weighted by Crippen LogP contribution is -2.47. The van der Waals surface area contributed by atoms with Crippen molar-refractivity contribution in [2.75, 3.05) is 50.8 Å². The number of aryl methyl sites for hydroxylation is 1. The van der Waals surface area contributed by atoms with Crippen molar-refractivity contribution < 1.29 is 27.4 Å². The molecule has 1 aliphatic rings. The van der Waals surface area contributed by atoms with E-state index >= 15 is 0 Å². The zero-order chi connectivity index (χ0) is 30.4. The van der Waals surface area contributed by atoms with Crippen LogP contribution in [-0.4, -0.2) is 87.9 Å². The Balaban J connectivity index is 1.27. The van der Waals surface area contributed by atoms with Gasteiger partial charge in [0.05, 0.1) is 36.1 Å². The number of hydrogen-bond acceptors (Lipinski definition) is 9. The third-order valence-electron chi connectivity index (χ3n) is 7.12. The molecule has 3 aromatic heterocycles. The molecule has 0 unspecified atom stereocenters. The molecule has 43 heavy (non-hydrogen) atoms. The largest absolute Gasteiger partial charge is 0.573 e. The molecule has 4 aromatic rings. The first-order valence-corrected chi connectivity index (χ1v) is 14.0. The number of ketones is 1. The van der Waals surface area contributed by atoms with Crippen LogP contribution in [0, 0.1) is 6.92 Å². The first-order valence-electron chi connectivity index (χ1n) is 14.0. The van der Waals surface area contributed by atoms with Gasteiger partial charge in [-0.15, -0.1) is 18.3 Å². The fraction of sp³-hybridized carbons (Fsp3) is 0.367. The number of pyridine rings is 2. The molecule has 0 N–H and O–H groups in total. The molecule has 0 atom stereocenters. The predicted octanol–water partition coefficient (Wildman–Crippen LogP) is 4.52. The fourth-order valence-corrected chi connectivity index (χ4v) is 4.87. The molecule has 4 heterocycles. The lowest BCUT2D eigenvalue weighted by molar-refractivity contribution is -0.274. The average Bonchev–Trinajstić information content (AvgIpc) is 3.48. The molecule has 0 amide bonds. The molecule has 0 aliphatic carbocycles. The summed E-state index contributed by atoms with van der Waals surface area (Å²) in [6, 6.07) is 8.84. The van der Waals surface area contributed by atoms with E-state index in [-0.39, 0.29) is 17.8 Å². The van der Waals surface area contributed by atoms with Crippen LogP contribution in [0.15, 0.2) is 61.2 Å². The number of aromatic nitrogens is 5. The summed E-state index contributed by atoms with van der Waals surface area (Å²) in [5.74, 6) is -0.823. The molecule has 1 aliphatic heterocycles. The smallest absolute Gasteiger partial charge is 0.406 e. The van der Waals surface area contributed by atoms with Crippen LogP contribution in [0.4, 0.5) is 18.9 Å². The summed E-state index contributed by atoms with van der Waals surface area (Å²) >= 11 is 0. The fourth-order valence-electron chi connectivity index (χ4n) is 4.87. The average molecular weight is 596 g/mol. The maximum atomic E-state index is 12.9. The monoisotopic (exact) mass is 595 g/mol. The molecule has 0 bridgehead atoms. The van der Waals surface area contributed by atoms with E-state index < -0.39 is 12.1 Å². The number of hydrogen-bond donors (Lipinski definition) is 0. The normalized spacial score (nSPS) is 14.2. The summed E-state index contributed by atoms with van der Waals surface area (Å²) in [5, 5.41) is 8.65. The Bertz CT molecular complexity index is 1550. The number of halogens is 3. The van der Waals surface area contributed by atoms with Crippen molar-refractivity contribution in [2.24, 2.45) is 0 Å². The van der Waals surface area contributed by atoms with E-state index in [1.807, 2.05) is 26.1 Å². The van der Waals surface area contributed by atoms with Crippen LogP contribution >= 0.6 is 0 Å². The number of carbonyl (C=O) groups is 1. The molecule has 13 heteroatoms. The highest BCUT2D eigenvalue weighted by atomic mass is 19.4. The number of anilines is 1. The van der Waals surface area contributed by atoms with Gasteiger partial charge >= 0.3 is 6.36 Å². The lowest BCUT2D eigenvalue weighted by Gasteiger charge is -2.35. The van der Waals surface area contributed by atoms with Crippen molar-refractivity contribution in [1.82, 2.24) is 29.9 Å². The van der Waals surface area contributed by atoms with E-state index in [0.717, 1.165) is 69.3 Å². The number of alkyl halides is 3. The second kappa shape index (κ2) is 13.3. The van der Waals surface area contributed by atoms with Crippen LogP contribution in [-0.2, 0) is 11.2 Å². The topological polar surface area (TPSA) is 98.5 Å². The number of carbonyl (C=O) groups excluding carboxylic acids is 1. The van der Waals surface area contributed by atoms with E-state index in [4.69, 9.17) is 4.74 Å². The Morgan fingerprint density at radius 2 is 1.86 bits per heavy atom. The molecule has 5 rings (SSSR count).